The summed E-state index contributed by atoms with van der Waals surface area (Å²) in [6, 6.07) is 9.69. The SMILES string of the molecule is C[C@@H](NC(=O)CN1CCn2ccnc2C1)c1cc2ccccc2o1. The Kier molecular flexibility index (Phi) is 3.82. The molecule has 0 fully saturated rings. The van der Waals surface area contributed by atoms with Gasteiger partial charge in [0.1, 0.15) is 17.2 Å². The third kappa shape index (κ3) is 2.92. The molecule has 1 aliphatic rings. The molecule has 4 rings (SSSR count). The molecular formula is C18H20N4O2. The van der Waals surface area contributed by atoms with Crippen molar-refractivity contribution in [1.29, 1.82) is 0 Å². The number of hydrogen-bond acceptors (Lipinski definition) is 4. The maximum absolute atomic E-state index is 12.3. The van der Waals surface area contributed by atoms with Crippen LogP contribution in [0.5, 0.6) is 0 Å². The largest absolute Gasteiger partial charge is 0.459 e. The van der Waals surface area contributed by atoms with Crippen LogP contribution in [0.4, 0.5) is 0 Å². The van der Waals surface area contributed by atoms with Gasteiger partial charge in [-0.3, -0.25) is 9.69 Å². The van der Waals surface area contributed by atoms with Crippen molar-refractivity contribution < 1.29 is 9.21 Å². The number of para-hydroxylation sites is 1. The van der Waals surface area contributed by atoms with Crippen molar-refractivity contribution in [3.63, 3.8) is 0 Å². The highest BCUT2D eigenvalue weighted by Gasteiger charge is 2.20. The Balaban J connectivity index is 1.37. The van der Waals surface area contributed by atoms with Crippen LogP contribution in [0.3, 0.4) is 0 Å². The van der Waals surface area contributed by atoms with E-state index in [1.165, 1.54) is 0 Å². The first kappa shape index (κ1) is 15.0. The lowest BCUT2D eigenvalue weighted by Crippen LogP contribution is -2.41. The average Bonchev–Trinajstić information content (AvgIpc) is 3.20. The normalized spacial score (nSPS) is 16.0. The highest BCUT2D eigenvalue weighted by Crippen LogP contribution is 2.23. The third-order valence-corrected chi connectivity index (χ3v) is 4.44. The lowest BCUT2D eigenvalue weighted by atomic mass is 10.2. The van der Waals surface area contributed by atoms with Crippen molar-refractivity contribution in [1.82, 2.24) is 19.8 Å². The molecule has 1 aromatic carbocycles. The maximum Gasteiger partial charge on any atom is 0.234 e. The van der Waals surface area contributed by atoms with Crippen LogP contribution in [-0.4, -0.2) is 33.4 Å². The Hall–Kier alpha value is -2.60. The van der Waals surface area contributed by atoms with Gasteiger partial charge in [0.15, 0.2) is 0 Å². The molecule has 124 valence electrons. The average molecular weight is 324 g/mol. The molecule has 0 spiro atoms. The van der Waals surface area contributed by atoms with Crippen LogP contribution in [0.1, 0.15) is 24.6 Å². The van der Waals surface area contributed by atoms with E-state index in [0.29, 0.717) is 13.1 Å². The second kappa shape index (κ2) is 6.13. The van der Waals surface area contributed by atoms with Crippen molar-refractivity contribution >= 4 is 16.9 Å². The molecule has 0 unspecified atom stereocenters. The van der Waals surface area contributed by atoms with Gasteiger partial charge in [0.2, 0.25) is 5.91 Å². The topological polar surface area (TPSA) is 63.3 Å². The first-order valence-electron chi connectivity index (χ1n) is 8.19. The summed E-state index contributed by atoms with van der Waals surface area (Å²) in [5, 5.41) is 4.07. The minimum absolute atomic E-state index is 0.00274. The number of aromatic nitrogens is 2. The monoisotopic (exact) mass is 324 g/mol. The smallest absolute Gasteiger partial charge is 0.234 e. The number of benzene rings is 1. The van der Waals surface area contributed by atoms with Crippen molar-refractivity contribution in [3.05, 3.63) is 54.3 Å². The van der Waals surface area contributed by atoms with E-state index in [4.69, 9.17) is 4.42 Å². The van der Waals surface area contributed by atoms with E-state index in [1.54, 1.807) is 0 Å². The zero-order valence-electron chi connectivity index (χ0n) is 13.6. The van der Waals surface area contributed by atoms with Gasteiger partial charge < -0.3 is 14.3 Å². The molecule has 0 saturated heterocycles. The predicted molar refractivity (Wildman–Crippen MR) is 90.3 cm³/mol. The number of imidazole rings is 1. The van der Waals surface area contributed by atoms with Crippen LogP contribution in [0.15, 0.2) is 47.1 Å². The van der Waals surface area contributed by atoms with Gasteiger partial charge in [0.25, 0.3) is 0 Å². The summed E-state index contributed by atoms with van der Waals surface area (Å²) < 4.78 is 7.95. The molecule has 1 atom stereocenters. The summed E-state index contributed by atoms with van der Waals surface area (Å²) in [7, 11) is 0. The van der Waals surface area contributed by atoms with E-state index in [1.807, 2.05) is 49.6 Å². The van der Waals surface area contributed by atoms with Gasteiger partial charge in [0.05, 0.1) is 19.1 Å². The number of hydrogen-bond donors (Lipinski definition) is 1. The van der Waals surface area contributed by atoms with Crippen molar-refractivity contribution in [3.8, 4) is 0 Å². The predicted octanol–water partition coefficient (Wildman–Crippen LogP) is 2.32. The Morgan fingerprint density at radius 3 is 3.12 bits per heavy atom. The van der Waals surface area contributed by atoms with Crippen LogP contribution < -0.4 is 5.32 Å². The van der Waals surface area contributed by atoms with E-state index < -0.39 is 0 Å². The standard InChI is InChI=1S/C18H20N4O2/c1-13(16-10-14-4-2-3-5-15(14)24-16)20-18(23)12-21-8-9-22-7-6-19-17(22)11-21/h2-7,10,13H,8-9,11-12H2,1H3,(H,20,23)/t13-/m1/s1. The molecule has 1 N–H and O–H groups in total. The molecule has 1 aliphatic heterocycles. The van der Waals surface area contributed by atoms with Crippen LogP contribution >= 0.6 is 0 Å². The molecule has 6 nitrogen and oxygen atoms in total. The van der Waals surface area contributed by atoms with Crippen LogP contribution in [0.25, 0.3) is 11.0 Å². The number of amides is 1. The number of rotatable bonds is 4. The third-order valence-electron chi connectivity index (χ3n) is 4.44. The van der Waals surface area contributed by atoms with Crippen molar-refractivity contribution in [2.24, 2.45) is 0 Å². The minimum Gasteiger partial charge on any atom is -0.459 e. The highest BCUT2D eigenvalue weighted by atomic mass is 16.3. The van der Waals surface area contributed by atoms with Gasteiger partial charge in [0, 0.05) is 30.9 Å². The highest BCUT2D eigenvalue weighted by molar-refractivity contribution is 5.80. The van der Waals surface area contributed by atoms with E-state index in [0.717, 1.165) is 35.6 Å². The molecule has 0 bridgehead atoms. The van der Waals surface area contributed by atoms with Crippen LogP contribution in [-0.2, 0) is 17.9 Å². The minimum atomic E-state index is -0.156. The Labute approximate surface area is 140 Å². The number of nitrogens with zero attached hydrogens (tertiary/aromatic N) is 3. The van der Waals surface area contributed by atoms with E-state index in [2.05, 4.69) is 19.8 Å². The first-order valence-corrected chi connectivity index (χ1v) is 8.19. The molecule has 24 heavy (non-hydrogen) atoms. The van der Waals surface area contributed by atoms with Crippen LogP contribution in [0, 0.1) is 0 Å². The first-order chi connectivity index (χ1) is 11.7. The van der Waals surface area contributed by atoms with E-state index >= 15 is 0 Å². The Morgan fingerprint density at radius 1 is 1.38 bits per heavy atom. The molecule has 3 heterocycles. The Bertz CT molecular complexity index is 834. The summed E-state index contributed by atoms with van der Waals surface area (Å²) >= 11 is 0. The summed E-state index contributed by atoms with van der Waals surface area (Å²) in [5.41, 5.74) is 0.844. The van der Waals surface area contributed by atoms with Crippen molar-refractivity contribution in [2.45, 2.75) is 26.1 Å². The van der Waals surface area contributed by atoms with Gasteiger partial charge in [-0.15, -0.1) is 0 Å². The zero-order chi connectivity index (χ0) is 16.5. The fourth-order valence-electron chi connectivity index (χ4n) is 3.14. The molecule has 2 aromatic heterocycles. The number of carbonyl (C=O) groups excluding carboxylic acids is 1. The van der Waals surface area contributed by atoms with E-state index in [9.17, 15) is 4.79 Å². The maximum atomic E-state index is 12.3. The summed E-state index contributed by atoms with van der Waals surface area (Å²) in [5.74, 6) is 1.79. The number of fused-ring (bicyclic) bond motifs is 2. The second-order valence-electron chi connectivity index (χ2n) is 6.22. The second-order valence-corrected chi connectivity index (χ2v) is 6.22. The number of carbonyl (C=O) groups is 1. The lowest BCUT2D eigenvalue weighted by molar-refractivity contribution is -0.123. The molecular weight excluding hydrogens is 304 g/mol. The molecule has 0 saturated carbocycles. The number of furan rings is 1. The molecule has 1 amide bonds. The lowest BCUT2D eigenvalue weighted by Gasteiger charge is -2.27. The molecule has 0 aliphatic carbocycles. The fraction of sp³-hybridized carbons (Fsp3) is 0.333. The van der Waals surface area contributed by atoms with Gasteiger partial charge >= 0.3 is 0 Å². The quantitative estimate of drug-likeness (QED) is 0.800. The summed E-state index contributed by atoms with van der Waals surface area (Å²) in [6.45, 7) is 4.76. The molecule has 6 heteroatoms. The summed E-state index contributed by atoms with van der Waals surface area (Å²) in [4.78, 5) is 18.8. The molecule has 3 aromatic rings. The van der Waals surface area contributed by atoms with Crippen molar-refractivity contribution in [2.75, 3.05) is 13.1 Å². The number of nitrogens with one attached hydrogen (secondary N) is 1. The molecule has 0 radical (unpaired) electrons. The van der Waals surface area contributed by atoms with Gasteiger partial charge in [-0.25, -0.2) is 4.98 Å². The summed E-state index contributed by atoms with van der Waals surface area (Å²) in [6.07, 6.45) is 3.79. The zero-order valence-corrected chi connectivity index (χ0v) is 13.6. The Morgan fingerprint density at radius 2 is 2.25 bits per heavy atom. The van der Waals surface area contributed by atoms with Gasteiger partial charge in [-0.2, -0.15) is 0 Å². The van der Waals surface area contributed by atoms with Crippen LogP contribution in [0.2, 0.25) is 0 Å². The van der Waals surface area contributed by atoms with Gasteiger partial charge in [-0.1, -0.05) is 18.2 Å². The van der Waals surface area contributed by atoms with Gasteiger partial charge in [-0.05, 0) is 19.1 Å². The fourth-order valence-corrected chi connectivity index (χ4v) is 3.14. The van der Waals surface area contributed by atoms with E-state index in [-0.39, 0.29) is 11.9 Å².